The number of hydrogen-bond acceptors (Lipinski definition) is 10. The fraction of sp³-hybridized carbons (Fsp3) is 0.395. The lowest BCUT2D eigenvalue weighted by Crippen LogP contribution is -2.22. The number of esters is 4. The van der Waals surface area contributed by atoms with Crippen molar-refractivity contribution in [2.75, 3.05) is 26.4 Å². The molecule has 0 N–H and O–H groups in total. The first kappa shape index (κ1) is 40.4. The third-order valence-electron chi connectivity index (χ3n) is 8.72. The zero-order valence-electron chi connectivity index (χ0n) is 30.6. The fourth-order valence-corrected chi connectivity index (χ4v) is 5.77. The van der Waals surface area contributed by atoms with Gasteiger partial charge < -0.3 is 28.4 Å². The molecule has 1 aliphatic carbocycles. The zero-order chi connectivity index (χ0) is 37.8. The van der Waals surface area contributed by atoms with Gasteiger partial charge in [-0.25, -0.2) is 14.4 Å². The van der Waals surface area contributed by atoms with Crippen LogP contribution in [0.1, 0.15) is 87.1 Å². The maximum absolute atomic E-state index is 12.8. The second-order valence-corrected chi connectivity index (χ2v) is 12.8. The molecule has 10 nitrogen and oxygen atoms in total. The highest BCUT2D eigenvalue weighted by Gasteiger charge is 2.20. The maximum atomic E-state index is 12.8. The van der Waals surface area contributed by atoms with Gasteiger partial charge in [0, 0.05) is 11.6 Å². The number of rotatable bonds is 21. The summed E-state index contributed by atoms with van der Waals surface area (Å²) in [6.45, 7) is 10.3. The van der Waals surface area contributed by atoms with E-state index in [2.05, 4.69) is 13.2 Å². The lowest BCUT2D eigenvalue weighted by molar-refractivity contribution is -0.151. The van der Waals surface area contributed by atoms with Gasteiger partial charge in [-0.1, -0.05) is 44.7 Å². The Balaban J connectivity index is 1.09. The summed E-state index contributed by atoms with van der Waals surface area (Å²) in [6.07, 6.45) is 10.0. The summed E-state index contributed by atoms with van der Waals surface area (Å²) in [5.74, 6) is -0.118. The molecule has 3 aromatic carbocycles. The minimum absolute atomic E-state index is 0.0465. The Morgan fingerprint density at radius 1 is 0.736 bits per heavy atom. The fourth-order valence-electron chi connectivity index (χ4n) is 5.77. The van der Waals surface area contributed by atoms with Gasteiger partial charge in [-0.3, -0.25) is 4.79 Å². The van der Waals surface area contributed by atoms with E-state index in [1.165, 1.54) is 6.42 Å². The third kappa shape index (κ3) is 13.9. The molecular weight excluding hydrogens is 676 g/mol. The van der Waals surface area contributed by atoms with Gasteiger partial charge >= 0.3 is 23.9 Å². The van der Waals surface area contributed by atoms with Crippen LogP contribution in [0.5, 0.6) is 17.2 Å². The molecule has 1 aliphatic rings. The van der Waals surface area contributed by atoms with Crippen molar-refractivity contribution < 1.29 is 47.6 Å². The van der Waals surface area contributed by atoms with Crippen LogP contribution in [0.4, 0.5) is 0 Å². The van der Waals surface area contributed by atoms with Crippen molar-refractivity contribution in [3.63, 3.8) is 0 Å². The summed E-state index contributed by atoms with van der Waals surface area (Å²) in [6, 6.07) is 20.0. The summed E-state index contributed by atoms with van der Waals surface area (Å²) in [5, 5.41) is 0. The second-order valence-electron chi connectivity index (χ2n) is 12.8. The van der Waals surface area contributed by atoms with Crippen molar-refractivity contribution in [2.24, 2.45) is 0 Å². The summed E-state index contributed by atoms with van der Waals surface area (Å²) in [4.78, 5) is 48.3. The molecule has 10 heteroatoms. The van der Waals surface area contributed by atoms with Gasteiger partial charge in [0.1, 0.15) is 36.6 Å². The number of carbonyl (C=O) groups is 4. The predicted molar refractivity (Wildman–Crippen MR) is 201 cm³/mol. The number of aryl methyl sites for hydroxylation is 1. The van der Waals surface area contributed by atoms with Gasteiger partial charge in [-0.05, 0) is 123 Å². The monoisotopic (exact) mass is 726 g/mol. The van der Waals surface area contributed by atoms with E-state index in [0.29, 0.717) is 30.1 Å². The SMILES string of the molecule is C=CC(=O)OCCOc1ccc(-c2ccc(C(=O)Oc3ccc(OCCCCCCOC(=O)C(=C)CC(=O)OC4CCCCC4)cc3)cc2)cc1CC. The molecule has 0 spiro atoms. The molecule has 3 aromatic rings. The van der Waals surface area contributed by atoms with E-state index in [-0.39, 0.29) is 37.9 Å². The summed E-state index contributed by atoms with van der Waals surface area (Å²) < 4.78 is 32.9. The topological polar surface area (TPSA) is 124 Å². The van der Waals surface area contributed by atoms with E-state index >= 15 is 0 Å². The highest BCUT2D eigenvalue weighted by molar-refractivity contribution is 5.93. The Bertz CT molecular complexity index is 1670. The summed E-state index contributed by atoms with van der Waals surface area (Å²) >= 11 is 0. The molecular formula is C43H50O10. The van der Waals surface area contributed by atoms with Crippen LogP contribution in [0.3, 0.4) is 0 Å². The quantitative estimate of drug-likeness (QED) is 0.0347. The zero-order valence-corrected chi connectivity index (χ0v) is 30.6. The van der Waals surface area contributed by atoms with E-state index in [9.17, 15) is 19.2 Å². The van der Waals surface area contributed by atoms with Crippen molar-refractivity contribution in [3.8, 4) is 28.4 Å². The molecule has 0 unspecified atom stereocenters. The van der Waals surface area contributed by atoms with E-state index in [1.54, 1.807) is 36.4 Å². The summed E-state index contributed by atoms with van der Waals surface area (Å²) in [5.41, 5.74) is 3.48. The number of unbranched alkanes of at least 4 members (excludes halogenated alkanes) is 3. The molecule has 0 radical (unpaired) electrons. The van der Waals surface area contributed by atoms with Crippen molar-refractivity contribution in [2.45, 2.75) is 83.7 Å². The smallest absolute Gasteiger partial charge is 0.343 e. The molecule has 282 valence electrons. The lowest BCUT2D eigenvalue weighted by Gasteiger charge is -2.21. The Hall–Kier alpha value is -5.38. The van der Waals surface area contributed by atoms with E-state index < -0.39 is 23.9 Å². The number of hydrogen-bond donors (Lipinski definition) is 0. The molecule has 0 bridgehead atoms. The first-order valence-electron chi connectivity index (χ1n) is 18.4. The Morgan fingerprint density at radius 3 is 2.11 bits per heavy atom. The number of ether oxygens (including phenoxy) is 6. The molecule has 0 heterocycles. The molecule has 0 saturated heterocycles. The third-order valence-corrected chi connectivity index (χ3v) is 8.72. The van der Waals surface area contributed by atoms with Crippen molar-refractivity contribution in [1.29, 1.82) is 0 Å². The van der Waals surface area contributed by atoms with E-state index in [4.69, 9.17) is 28.4 Å². The van der Waals surface area contributed by atoms with Crippen molar-refractivity contribution in [3.05, 3.63) is 103 Å². The minimum Gasteiger partial charge on any atom is -0.494 e. The molecule has 1 fully saturated rings. The highest BCUT2D eigenvalue weighted by atomic mass is 16.6. The normalized spacial score (nSPS) is 12.6. The lowest BCUT2D eigenvalue weighted by atomic mass is 9.98. The first-order valence-corrected chi connectivity index (χ1v) is 18.4. The average molecular weight is 727 g/mol. The Morgan fingerprint density at radius 2 is 1.42 bits per heavy atom. The number of benzene rings is 3. The van der Waals surface area contributed by atoms with Crippen LogP contribution < -0.4 is 14.2 Å². The van der Waals surface area contributed by atoms with Gasteiger partial charge in [0.25, 0.3) is 0 Å². The van der Waals surface area contributed by atoms with Crippen LogP contribution >= 0.6 is 0 Å². The van der Waals surface area contributed by atoms with Crippen molar-refractivity contribution in [1.82, 2.24) is 0 Å². The predicted octanol–water partition coefficient (Wildman–Crippen LogP) is 8.55. The first-order chi connectivity index (χ1) is 25.7. The van der Waals surface area contributed by atoms with Crippen LogP contribution in [-0.2, 0) is 35.0 Å². The molecule has 53 heavy (non-hydrogen) atoms. The average Bonchev–Trinajstić information content (AvgIpc) is 3.18. The largest absolute Gasteiger partial charge is 0.494 e. The van der Waals surface area contributed by atoms with Gasteiger partial charge in [-0.15, -0.1) is 0 Å². The minimum atomic E-state index is -0.555. The van der Waals surface area contributed by atoms with E-state index in [0.717, 1.165) is 79.9 Å². The molecule has 1 saturated carbocycles. The molecule has 0 aromatic heterocycles. The van der Waals surface area contributed by atoms with Crippen LogP contribution in [0.15, 0.2) is 91.5 Å². The van der Waals surface area contributed by atoms with Gasteiger partial charge in [0.05, 0.1) is 25.2 Å². The second kappa shape index (κ2) is 21.9. The number of carbonyl (C=O) groups excluding carboxylic acids is 4. The standard InChI is InChI=1S/C43H50O10/c1-4-32-30-35(19-24-39(32)49-27-28-50-40(44)5-2)33-15-17-34(18-16-33)43(47)53-38-22-20-36(21-23-38)48-25-11-6-7-12-26-51-42(46)31(3)29-41(45)52-37-13-9-8-10-14-37/h5,15-24,30,37H,2-4,6-14,25-29H2,1H3. The van der Waals surface area contributed by atoms with Crippen molar-refractivity contribution >= 4 is 23.9 Å². The van der Waals surface area contributed by atoms with Crippen LogP contribution in [-0.4, -0.2) is 56.4 Å². The van der Waals surface area contributed by atoms with Gasteiger partial charge in [0.15, 0.2) is 0 Å². The molecule has 0 aliphatic heterocycles. The van der Waals surface area contributed by atoms with Gasteiger partial charge in [-0.2, -0.15) is 0 Å². The van der Waals surface area contributed by atoms with Crippen LogP contribution in [0.2, 0.25) is 0 Å². The molecule has 4 rings (SSSR count). The highest BCUT2D eigenvalue weighted by Crippen LogP contribution is 2.28. The Labute approximate surface area is 312 Å². The van der Waals surface area contributed by atoms with Crippen LogP contribution in [0.25, 0.3) is 11.1 Å². The Kier molecular flexibility index (Phi) is 16.7. The maximum Gasteiger partial charge on any atom is 0.343 e. The molecule has 0 atom stereocenters. The van der Waals surface area contributed by atoms with E-state index in [1.807, 2.05) is 37.3 Å². The van der Waals surface area contributed by atoms with Gasteiger partial charge in [0.2, 0.25) is 0 Å². The molecule has 0 amide bonds. The summed E-state index contributed by atoms with van der Waals surface area (Å²) in [7, 11) is 0. The van der Waals surface area contributed by atoms with Crippen LogP contribution in [0, 0.1) is 0 Å².